The number of aromatic hydroxyl groups is 1. The highest BCUT2D eigenvalue weighted by Gasteiger charge is 2.57. The summed E-state index contributed by atoms with van der Waals surface area (Å²) < 4.78 is 12.7. The number of carbonyl (C=O) groups excluding carboxylic acids is 2. The number of allylic oxidation sites excluding steroid dienone is 1. The van der Waals surface area contributed by atoms with Crippen LogP contribution in [0.2, 0.25) is 0 Å². The zero-order chi connectivity index (χ0) is 29.1. The summed E-state index contributed by atoms with van der Waals surface area (Å²) in [7, 11) is 0. The highest BCUT2D eigenvalue weighted by Crippen LogP contribution is 2.50. The van der Waals surface area contributed by atoms with Crippen molar-refractivity contribution in [3.8, 4) is 11.5 Å². The average molecular weight is 564 g/mol. The van der Waals surface area contributed by atoms with Gasteiger partial charge in [-0.05, 0) is 78.8 Å². The molecule has 0 unspecified atom stereocenters. The molecule has 0 saturated carbocycles. The number of phenols is 1. The van der Waals surface area contributed by atoms with E-state index < -0.39 is 11.8 Å². The Morgan fingerprint density at radius 2 is 1.64 bits per heavy atom. The van der Waals surface area contributed by atoms with Crippen LogP contribution in [0.1, 0.15) is 44.6 Å². The Kier molecular flexibility index (Phi) is 8.24. The van der Waals surface area contributed by atoms with Crippen LogP contribution in [0.5, 0.6) is 11.5 Å². The summed E-state index contributed by atoms with van der Waals surface area (Å²) in [5.74, 6) is -0.171. The van der Waals surface area contributed by atoms with Crippen molar-refractivity contribution in [2.75, 3.05) is 18.1 Å². The van der Waals surface area contributed by atoms with Crippen molar-refractivity contribution in [1.82, 2.24) is 0 Å². The number of hydrogen-bond donors (Lipinski definition) is 1. The van der Waals surface area contributed by atoms with Crippen molar-refractivity contribution in [3.63, 3.8) is 0 Å². The molecule has 6 heteroatoms. The quantitative estimate of drug-likeness (QED) is 0.213. The maximum absolute atomic E-state index is 13.8. The van der Waals surface area contributed by atoms with E-state index in [1.807, 2.05) is 72.8 Å². The lowest BCUT2D eigenvalue weighted by atomic mass is 9.69. The second-order valence-corrected chi connectivity index (χ2v) is 11.5. The molecule has 2 fully saturated rings. The summed E-state index contributed by atoms with van der Waals surface area (Å²) in [6.07, 6.45) is 6.25. The topological polar surface area (TPSA) is 76.1 Å². The van der Waals surface area contributed by atoms with Crippen molar-refractivity contribution in [3.05, 3.63) is 107 Å². The standard InChI is InChI=1S/C36H37NO5/c1-2-9-24(20-25-14-17-28(38)18-15-25)16-19-32-33-26(22-41-29-12-7-4-8-13-29)21-30-34(31(33)23-42-32)36(40)37(35(30)39)27-10-5-3-6-11-27/h3-8,10-15,17-18,20,30-32,34,38H,2,9,16,19,21-23H2,1H3/b24-20+/t30-,31+,32-,34-/m1/s1. The number of imide groups is 1. The Hall–Kier alpha value is -4.16. The van der Waals surface area contributed by atoms with Gasteiger partial charge in [0.2, 0.25) is 11.8 Å². The van der Waals surface area contributed by atoms with Crippen molar-refractivity contribution in [2.24, 2.45) is 17.8 Å². The van der Waals surface area contributed by atoms with Gasteiger partial charge in [-0.15, -0.1) is 0 Å². The van der Waals surface area contributed by atoms with Gasteiger partial charge in [-0.1, -0.05) is 73.5 Å². The van der Waals surface area contributed by atoms with Gasteiger partial charge in [0.15, 0.2) is 0 Å². The van der Waals surface area contributed by atoms with Gasteiger partial charge in [0.25, 0.3) is 0 Å². The van der Waals surface area contributed by atoms with E-state index in [2.05, 4.69) is 13.0 Å². The molecule has 2 amide bonds. The summed E-state index contributed by atoms with van der Waals surface area (Å²) >= 11 is 0. The van der Waals surface area contributed by atoms with Crippen LogP contribution in [0.4, 0.5) is 5.69 Å². The molecule has 2 aliphatic heterocycles. The average Bonchev–Trinajstić information content (AvgIpc) is 3.55. The molecule has 216 valence electrons. The summed E-state index contributed by atoms with van der Waals surface area (Å²) in [6, 6.07) is 26.2. The number of nitrogens with zero attached hydrogens (tertiary/aromatic N) is 1. The Morgan fingerprint density at radius 3 is 2.36 bits per heavy atom. The van der Waals surface area contributed by atoms with E-state index >= 15 is 0 Å². The molecule has 0 bridgehead atoms. The third-order valence-corrected chi connectivity index (χ3v) is 8.74. The predicted molar refractivity (Wildman–Crippen MR) is 163 cm³/mol. The molecule has 4 atom stereocenters. The lowest BCUT2D eigenvalue weighted by molar-refractivity contribution is -0.122. The fourth-order valence-electron chi connectivity index (χ4n) is 6.84. The van der Waals surface area contributed by atoms with Gasteiger partial charge in [-0.25, -0.2) is 0 Å². The summed E-state index contributed by atoms with van der Waals surface area (Å²) in [6.45, 7) is 2.98. The number of fused-ring (bicyclic) bond motifs is 3. The number of phenolic OH excluding ortho intramolecular Hbond substituents is 1. The van der Waals surface area contributed by atoms with Crippen LogP contribution in [0.25, 0.3) is 6.08 Å². The molecule has 6 nitrogen and oxygen atoms in total. The number of rotatable bonds is 10. The largest absolute Gasteiger partial charge is 0.508 e. The number of anilines is 1. The molecule has 0 spiro atoms. The second-order valence-electron chi connectivity index (χ2n) is 11.5. The first-order valence-corrected chi connectivity index (χ1v) is 15.0. The van der Waals surface area contributed by atoms with Crippen molar-refractivity contribution in [2.45, 2.75) is 45.1 Å². The highest BCUT2D eigenvalue weighted by atomic mass is 16.5. The zero-order valence-corrected chi connectivity index (χ0v) is 23.9. The maximum atomic E-state index is 13.8. The van der Waals surface area contributed by atoms with E-state index in [9.17, 15) is 14.7 Å². The molecule has 2 heterocycles. The molecule has 0 radical (unpaired) electrons. The van der Waals surface area contributed by atoms with E-state index in [0.717, 1.165) is 48.1 Å². The Labute approximate surface area is 247 Å². The second kappa shape index (κ2) is 12.4. The zero-order valence-electron chi connectivity index (χ0n) is 23.9. The molecule has 1 aliphatic carbocycles. The summed E-state index contributed by atoms with van der Waals surface area (Å²) in [4.78, 5) is 28.9. The monoisotopic (exact) mass is 563 g/mol. The van der Waals surface area contributed by atoms with E-state index in [1.165, 1.54) is 10.5 Å². The van der Waals surface area contributed by atoms with Crippen molar-refractivity contribution >= 4 is 23.6 Å². The van der Waals surface area contributed by atoms with Gasteiger partial charge in [0, 0.05) is 5.92 Å². The normalized spacial score (nSPS) is 23.7. The lowest BCUT2D eigenvalue weighted by Gasteiger charge is -2.31. The van der Waals surface area contributed by atoms with Crippen LogP contribution in [-0.2, 0) is 14.3 Å². The highest BCUT2D eigenvalue weighted by molar-refractivity contribution is 6.22. The minimum absolute atomic E-state index is 0.120. The predicted octanol–water partition coefficient (Wildman–Crippen LogP) is 6.96. The number of hydrogen-bond acceptors (Lipinski definition) is 5. The Morgan fingerprint density at radius 1 is 0.929 bits per heavy atom. The smallest absolute Gasteiger partial charge is 0.238 e. The van der Waals surface area contributed by atoms with Crippen LogP contribution < -0.4 is 9.64 Å². The molecule has 6 rings (SSSR count). The molecule has 3 aromatic carbocycles. The minimum atomic E-state index is -0.416. The van der Waals surface area contributed by atoms with Gasteiger partial charge in [0.1, 0.15) is 18.1 Å². The van der Waals surface area contributed by atoms with Gasteiger partial charge >= 0.3 is 0 Å². The van der Waals surface area contributed by atoms with E-state index in [-0.39, 0.29) is 29.6 Å². The van der Waals surface area contributed by atoms with Gasteiger partial charge in [-0.2, -0.15) is 0 Å². The molecular formula is C36H37NO5. The fraction of sp³-hybridized carbons (Fsp3) is 0.333. The van der Waals surface area contributed by atoms with Crippen LogP contribution in [0.3, 0.4) is 0 Å². The molecule has 2 saturated heterocycles. The Balaban J connectivity index is 1.28. The fourth-order valence-corrected chi connectivity index (χ4v) is 6.84. The Bertz CT molecular complexity index is 1480. The number of carbonyl (C=O) groups is 2. The first kappa shape index (κ1) is 28.0. The SMILES string of the molecule is CCC/C(=C\c1ccc(O)cc1)CC[C@H]1OC[C@H]2C1=C(COc1ccccc1)C[C@H]1C(=O)N(c3ccccc3)C(=O)[C@H]12. The summed E-state index contributed by atoms with van der Waals surface area (Å²) in [5, 5.41) is 9.67. The van der Waals surface area contributed by atoms with E-state index in [4.69, 9.17) is 9.47 Å². The number of para-hydroxylation sites is 2. The number of benzene rings is 3. The first-order valence-electron chi connectivity index (χ1n) is 15.0. The molecule has 3 aliphatic rings. The molecular weight excluding hydrogens is 526 g/mol. The molecule has 3 aromatic rings. The number of ether oxygens (including phenoxy) is 2. The van der Waals surface area contributed by atoms with Crippen molar-refractivity contribution < 1.29 is 24.2 Å². The summed E-state index contributed by atoms with van der Waals surface area (Å²) in [5.41, 5.74) is 5.26. The van der Waals surface area contributed by atoms with Gasteiger partial charge < -0.3 is 14.6 Å². The van der Waals surface area contributed by atoms with E-state index in [0.29, 0.717) is 25.3 Å². The number of amides is 2. The molecule has 0 aromatic heterocycles. The first-order chi connectivity index (χ1) is 20.5. The van der Waals surface area contributed by atoms with E-state index in [1.54, 1.807) is 12.1 Å². The van der Waals surface area contributed by atoms with Crippen LogP contribution >= 0.6 is 0 Å². The van der Waals surface area contributed by atoms with Crippen LogP contribution in [0.15, 0.2) is 102 Å². The van der Waals surface area contributed by atoms with Crippen LogP contribution in [0, 0.1) is 17.8 Å². The minimum Gasteiger partial charge on any atom is -0.508 e. The van der Waals surface area contributed by atoms with Gasteiger partial charge in [-0.3, -0.25) is 14.5 Å². The lowest BCUT2D eigenvalue weighted by Crippen LogP contribution is -2.35. The third kappa shape index (κ3) is 5.64. The third-order valence-electron chi connectivity index (χ3n) is 8.74. The van der Waals surface area contributed by atoms with Crippen molar-refractivity contribution in [1.29, 1.82) is 0 Å². The van der Waals surface area contributed by atoms with Gasteiger partial charge in [0.05, 0.1) is 30.2 Å². The maximum Gasteiger partial charge on any atom is 0.238 e. The molecule has 42 heavy (non-hydrogen) atoms. The van der Waals surface area contributed by atoms with Crippen LogP contribution in [-0.4, -0.2) is 36.2 Å². The molecule has 1 N–H and O–H groups in total.